The zero-order valence-corrected chi connectivity index (χ0v) is 14.5. The first-order valence-electron chi connectivity index (χ1n) is 8.18. The Hall–Kier alpha value is -2.84. The number of aryl methyl sites for hydroxylation is 1. The summed E-state index contributed by atoms with van der Waals surface area (Å²) in [7, 11) is 1.99. The Morgan fingerprint density at radius 2 is 1.72 bits per heavy atom. The quantitative estimate of drug-likeness (QED) is 0.762. The third-order valence-electron chi connectivity index (χ3n) is 4.64. The molecule has 3 rings (SSSR count). The van der Waals surface area contributed by atoms with E-state index in [0.717, 1.165) is 23.3 Å². The molecule has 2 aromatic carbocycles. The number of anilines is 2. The molecule has 5 nitrogen and oxygen atoms in total. The van der Waals surface area contributed by atoms with Gasteiger partial charge in [-0.1, -0.05) is 17.7 Å². The molecule has 1 amide bonds. The third kappa shape index (κ3) is 3.35. The second-order valence-corrected chi connectivity index (χ2v) is 6.54. The van der Waals surface area contributed by atoms with Crippen LogP contribution in [0.25, 0.3) is 0 Å². The highest BCUT2D eigenvalue weighted by atomic mass is 16.5. The highest BCUT2D eigenvalue weighted by Crippen LogP contribution is 2.31. The molecule has 0 spiro atoms. The highest BCUT2D eigenvalue weighted by Gasteiger charge is 2.45. The van der Waals surface area contributed by atoms with Crippen LogP contribution in [0.2, 0.25) is 0 Å². The minimum atomic E-state index is -0.389. The number of likely N-dealkylation sites (N-methyl/N-ethyl adjacent to an activating group) is 1. The molecule has 5 heteroatoms. The van der Waals surface area contributed by atoms with Crippen LogP contribution in [0.5, 0.6) is 0 Å². The lowest BCUT2D eigenvalue weighted by Crippen LogP contribution is -2.67. The van der Waals surface area contributed by atoms with Gasteiger partial charge in [0.25, 0.3) is 0 Å². The molecular formula is C20H21N3O2. The topological polar surface area (TPSA) is 56.6 Å². The van der Waals surface area contributed by atoms with Crippen molar-refractivity contribution in [2.75, 3.05) is 36.6 Å². The lowest BCUT2D eigenvalue weighted by molar-refractivity contribution is -0.114. The fraction of sp³-hybridized carbons (Fsp3) is 0.300. The van der Waals surface area contributed by atoms with Crippen molar-refractivity contribution >= 4 is 17.8 Å². The highest BCUT2D eigenvalue weighted by molar-refractivity contribution is 5.78. The maximum Gasteiger partial charge on any atom is 0.214 e. The van der Waals surface area contributed by atoms with Crippen molar-refractivity contribution in [1.82, 2.24) is 0 Å². The van der Waals surface area contributed by atoms with Gasteiger partial charge in [-0.05, 0) is 43.3 Å². The average molecular weight is 335 g/mol. The zero-order valence-electron chi connectivity index (χ0n) is 14.5. The van der Waals surface area contributed by atoms with Crippen LogP contribution in [0.15, 0.2) is 48.5 Å². The van der Waals surface area contributed by atoms with Gasteiger partial charge in [0.05, 0.1) is 24.8 Å². The van der Waals surface area contributed by atoms with Gasteiger partial charge in [-0.3, -0.25) is 4.79 Å². The second-order valence-electron chi connectivity index (χ2n) is 6.54. The molecule has 25 heavy (non-hydrogen) atoms. The van der Waals surface area contributed by atoms with Gasteiger partial charge in [0, 0.05) is 25.0 Å². The Morgan fingerprint density at radius 3 is 2.20 bits per heavy atom. The van der Waals surface area contributed by atoms with Gasteiger partial charge < -0.3 is 14.5 Å². The number of amides is 1. The number of carbonyl (C=O) groups is 1. The number of carbonyl (C=O) groups excluding carboxylic acids is 1. The Labute approximate surface area is 148 Å². The number of nitriles is 1. The molecule has 0 N–H and O–H groups in total. The SMILES string of the molecule is Cc1ccc(N(C=O)C2(CN(C)c3ccc(C#N)cc3)COC2)cc1. The van der Waals surface area contributed by atoms with E-state index in [1.54, 1.807) is 17.0 Å². The van der Waals surface area contributed by atoms with E-state index in [4.69, 9.17) is 10.00 Å². The normalized spacial score (nSPS) is 14.9. The summed E-state index contributed by atoms with van der Waals surface area (Å²) < 4.78 is 5.47. The van der Waals surface area contributed by atoms with Crippen LogP contribution in [-0.2, 0) is 9.53 Å². The van der Waals surface area contributed by atoms with Crippen LogP contribution in [0.1, 0.15) is 11.1 Å². The first kappa shape index (κ1) is 17.0. The minimum Gasteiger partial charge on any atom is -0.376 e. The van der Waals surface area contributed by atoms with E-state index in [1.165, 1.54) is 0 Å². The van der Waals surface area contributed by atoms with Crippen molar-refractivity contribution in [2.45, 2.75) is 12.5 Å². The van der Waals surface area contributed by atoms with Gasteiger partial charge in [-0.25, -0.2) is 0 Å². The van der Waals surface area contributed by atoms with Gasteiger partial charge >= 0.3 is 0 Å². The summed E-state index contributed by atoms with van der Waals surface area (Å²) >= 11 is 0. The number of hydrogen-bond acceptors (Lipinski definition) is 4. The summed E-state index contributed by atoms with van der Waals surface area (Å²) in [6.07, 6.45) is 0.889. The molecule has 1 aliphatic rings. The van der Waals surface area contributed by atoms with Crippen LogP contribution in [0.3, 0.4) is 0 Å². The van der Waals surface area contributed by atoms with Crippen molar-refractivity contribution in [3.63, 3.8) is 0 Å². The molecule has 2 aromatic rings. The van der Waals surface area contributed by atoms with Gasteiger partial charge in [0.2, 0.25) is 6.41 Å². The van der Waals surface area contributed by atoms with Gasteiger partial charge in [0.1, 0.15) is 5.54 Å². The number of benzene rings is 2. The van der Waals surface area contributed by atoms with E-state index in [2.05, 4.69) is 11.0 Å². The van der Waals surface area contributed by atoms with Crippen LogP contribution < -0.4 is 9.80 Å². The largest absolute Gasteiger partial charge is 0.376 e. The Morgan fingerprint density at radius 1 is 1.12 bits per heavy atom. The second kappa shape index (κ2) is 6.96. The fourth-order valence-corrected chi connectivity index (χ4v) is 3.12. The van der Waals surface area contributed by atoms with Crippen LogP contribution in [0, 0.1) is 18.3 Å². The monoisotopic (exact) mass is 335 g/mol. The van der Waals surface area contributed by atoms with Gasteiger partial charge in [-0.2, -0.15) is 5.26 Å². The third-order valence-corrected chi connectivity index (χ3v) is 4.64. The molecule has 0 bridgehead atoms. The molecular weight excluding hydrogens is 314 g/mol. The summed E-state index contributed by atoms with van der Waals surface area (Å²) in [5.74, 6) is 0. The number of rotatable bonds is 6. The maximum atomic E-state index is 11.8. The molecule has 0 unspecified atom stereocenters. The molecule has 0 atom stereocenters. The van der Waals surface area contributed by atoms with Crippen LogP contribution in [-0.4, -0.2) is 38.8 Å². The number of hydrogen-bond donors (Lipinski definition) is 0. The van der Waals surface area contributed by atoms with E-state index in [9.17, 15) is 4.79 Å². The summed E-state index contributed by atoms with van der Waals surface area (Å²) in [6.45, 7) is 3.67. The van der Waals surface area contributed by atoms with E-state index < -0.39 is 0 Å². The van der Waals surface area contributed by atoms with Crippen molar-refractivity contribution in [1.29, 1.82) is 5.26 Å². The Bertz CT molecular complexity index is 774. The van der Waals surface area contributed by atoms with Crippen molar-refractivity contribution in [3.05, 3.63) is 59.7 Å². The predicted octanol–water partition coefficient (Wildman–Crippen LogP) is 2.73. The van der Waals surface area contributed by atoms with Crippen molar-refractivity contribution in [2.24, 2.45) is 0 Å². The molecule has 1 fully saturated rings. The van der Waals surface area contributed by atoms with Gasteiger partial charge in [0.15, 0.2) is 0 Å². The van der Waals surface area contributed by atoms with Crippen LogP contribution in [0.4, 0.5) is 11.4 Å². The van der Waals surface area contributed by atoms with E-state index >= 15 is 0 Å². The lowest BCUT2D eigenvalue weighted by Gasteiger charge is -2.49. The molecule has 1 heterocycles. The van der Waals surface area contributed by atoms with E-state index in [1.807, 2.05) is 50.4 Å². The molecule has 0 aliphatic carbocycles. The zero-order chi connectivity index (χ0) is 17.9. The smallest absolute Gasteiger partial charge is 0.214 e. The first-order chi connectivity index (χ1) is 12.1. The standard InChI is InChI=1S/C20H21N3O2/c1-16-3-7-19(8-4-16)23(15-24)20(13-25-14-20)12-22(2)18-9-5-17(11-21)6-10-18/h3-10,15H,12-14H2,1-2H3. The first-order valence-corrected chi connectivity index (χ1v) is 8.18. The summed E-state index contributed by atoms with van der Waals surface area (Å²) in [6, 6.07) is 17.5. The van der Waals surface area contributed by atoms with E-state index in [-0.39, 0.29) is 5.54 Å². The molecule has 0 saturated carbocycles. The molecule has 0 radical (unpaired) electrons. The summed E-state index contributed by atoms with van der Waals surface area (Å²) in [5, 5.41) is 8.93. The number of ether oxygens (including phenoxy) is 1. The summed E-state index contributed by atoms with van der Waals surface area (Å²) in [5.41, 5.74) is 3.27. The molecule has 1 saturated heterocycles. The minimum absolute atomic E-state index is 0.389. The maximum absolute atomic E-state index is 11.8. The number of nitrogens with zero attached hydrogens (tertiary/aromatic N) is 3. The Kier molecular flexibility index (Phi) is 4.73. The lowest BCUT2D eigenvalue weighted by atomic mass is 9.93. The van der Waals surface area contributed by atoms with Crippen LogP contribution >= 0.6 is 0 Å². The van der Waals surface area contributed by atoms with Crippen molar-refractivity contribution < 1.29 is 9.53 Å². The van der Waals surface area contributed by atoms with Gasteiger partial charge in [-0.15, -0.1) is 0 Å². The molecule has 128 valence electrons. The summed E-state index contributed by atoms with van der Waals surface area (Å²) in [4.78, 5) is 15.7. The molecule has 0 aromatic heterocycles. The molecule has 1 aliphatic heterocycles. The fourth-order valence-electron chi connectivity index (χ4n) is 3.12. The van der Waals surface area contributed by atoms with E-state index in [0.29, 0.717) is 25.3 Å². The predicted molar refractivity (Wildman–Crippen MR) is 97.7 cm³/mol. The average Bonchev–Trinajstić information content (AvgIpc) is 2.61. The van der Waals surface area contributed by atoms with Crippen molar-refractivity contribution in [3.8, 4) is 6.07 Å². The Balaban J connectivity index is 1.82.